The van der Waals surface area contributed by atoms with Crippen molar-refractivity contribution in [3.05, 3.63) is 83.9 Å². The molecule has 0 fully saturated rings. The number of aliphatic imine (C=N–C) groups is 1. The molecule has 2 aromatic carbocycles. The summed E-state index contributed by atoms with van der Waals surface area (Å²) in [7, 11) is 0. The minimum Gasteiger partial charge on any atom is -0.406 e. The Morgan fingerprint density at radius 3 is 2.43 bits per heavy atom. The van der Waals surface area contributed by atoms with Gasteiger partial charge >= 0.3 is 6.36 Å². The number of hydrogen-bond donors (Lipinski definition) is 2. The van der Waals surface area contributed by atoms with Crippen LogP contribution in [0.1, 0.15) is 17.0 Å². The van der Waals surface area contributed by atoms with E-state index in [1.165, 1.54) is 24.3 Å². The number of imidazole rings is 1. The van der Waals surface area contributed by atoms with Crippen LogP contribution < -0.4 is 15.8 Å². The number of nitrogens with one attached hydrogen (secondary N) is 1. The summed E-state index contributed by atoms with van der Waals surface area (Å²) in [6.07, 6.45) is -1.10. The average molecular weight is 531 g/mol. The van der Waals surface area contributed by atoms with E-state index in [1.807, 2.05) is 41.1 Å². The standard InChI is InChI=1S/C20H20F3N5O.HI/c21-20(22,23)29-17-8-6-15(7-9-17)12-26-19(24)27-13-18-25-10-11-28(18)14-16-4-2-1-3-5-16;/h1-11H,12-14H2,(H3,24,26,27);1H. The van der Waals surface area contributed by atoms with Crippen molar-refractivity contribution in [2.45, 2.75) is 26.0 Å². The van der Waals surface area contributed by atoms with Crippen molar-refractivity contribution >= 4 is 29.9 Å². The first-order valence-electron chi connectivity index (χ1n) is 8.81. The van der Waals surface area contributed by atoms with Crippen LogP contribution in [0.25, 0.3) is 0 Å². The highest BCUT2D eigenvalue weighted by Gasteiger charge is 2.30. The number of guanidine groups is 1. The van der Waals surface area contributed by atoms with E-state index in [1.54, 1.807) is 6.20 Å². The summed E-state index contributed by atoms with van der Waals surface area (Å²) in [5, 5.41) is 2.99. The maximum Gasteiger partial charge on any atom is 0.573 e. The minimum atomic E-state index is -4.71. The molecular formula is C20H21F3IN5O. The molecule has 0 aliphatic carbocycles. The number of alkyl halides is 3. The first-order valence-corrected chi connectivity index (χ1v) is 8.81. The molecule has 30 heavy (non-hydrogen) atoms. The van der Waals surface area contributed by atoms with Gasteiger partial charge in [-0.05, 0) is 23.3 Å². The summed E-state index contributed by atoms with van der Waals surface area (Å²) < 4.78 is 42.4. The fraction of sp³-hybridized carbons (Fsp3) is 0.200. The molecule has 3 N–H and O–H groups in total. The molecule has 1 heterocycles. The molecular weight excluding hydrogens is 510 g/mol. The highest BCUT2D eigenvalue weighted by molar-refractivity contribution is 14.0. The van der Waals surface area contributed by atoms with E-state index in [2.05, 4.69) is 20.0 Å². The lowest BCUT2D eigenvalue weighted by molar-refractivity contribution is -0.274. The number of nitrogens with zero attached hydrogens (tertiary/aromatic N) is 3. The van der Waals surface area contributed by atoms with Crippen LogP contribution in [0.5, 0.6) is 5.75 Å². The Labute approximate surface area is 189 Å². The number of hydrogen-bond acceptors (Lipinski definition) is 3. The molecule has 0 saturated carbocycles. The van der Waals surface area contributed by atoms with E-state index in [4.69, 9.17) is 5.73 Å². The Balaban J connectivity index is 0.00000320. The van der Waals surface area contributed by atoms with Gasteiger partial charge in [-0.3, -0.25) is 0 Å². The number of benzene rings is 2. The monoisotopic (exact) mass is 531 g/mol. The second kappa shape index (κ2) is 10.9. The molecule has 6 nitrogen and oxygen atoms in total. The molecule has 160 valence electrons. The van der Waals surface area contributed by atoms with Crippen LogP contribution in [-0.2, 0) is 19.6 Å². The molecule has 0 amide bonds. The number of aromatic nitrogens is 2. The van der Waals surface area contributed by atoms with Crippen LogP contribution in [0.2, 0.25) is 0 Å². The summed E-state index contributed by atoms with van der Waals surface area (Å²) in [6.45, 7) is 1.32. The Kier molecular flexibility index (Phi) is 8.51. The fourth-order valence-corrected chi connectivity index (χ4v) is 2.63. The summed E-state index contributed by atoms with van der Waals surface area (Å²) >= 11 is 0. The van der Waals surface area contributed by atoms with Crippen molar-refractivity contribution in [2.24, 2.45) is 10.7 Å². The van der Waals surface area contributed by atoms with E-state index in [0.29, 0.717) is 18.7 Å². The third-order valence-electron chi connectivity index (χ3n) is 4.01. The van der Waals surface area contributed by atoms with Crippen LogP contribution in [0.15, 0.2) is 72.0 Å². The zero-order chi connectivity index (χ0) is 20.7. The number of ether oxygens (including phenoxy) is 1. The second-order valence-corrected chi connectivity index (χ2v) is 6.20. The fourth-order valence-electron chi connectivity index (χ4n) is 2.63. The predicted molar refractivity (Wildman–Crippen MR) is 118 cm³/mol. The third kappa shape index (κ3) is 7.58. The molecule has 1 aromatic heterocycles. The summed E-state index contributed by atoms with van der Waals surface area (Å²) in [5.74, 6) is 0.747. The van der Waals surface area contributed by atoms with Gasteiger partial charge < -0.3 is 20.4 Å². The van der Waals surface area contributed by atoms with Crippen molar-refractivity contribution in [3.63, 3.8) is 0 Å². The first-order chi connectivity index (χ1) is 13.9. The first kappa shape index (κ1) is 23.5. The Bertz CT molecular complexity index is 943. The minimum absolute atomic E-state index is 0. The maximum absolute atomic E-state index is 12.2. The summed E-state index contributed by atoms with van der Waals surface area (Å²) in [4.78, 5) is 8.52. The van der Waals surface area contributed by atoms with Gasteiger partial charge in [0.25, 0.3) is 0 Å². The highest BCUT2D eigenvalue weighted by atomic mass is 127. The van der Waals surface area contributed by atoms with Gasteiger partial charge in [-0.1, -0.05) is 42.5 Å². The van der Waals surface area contributed by atoms with Gasteiger partial charge in [-0.2, -0.15) is 0 Å². The second-order valence-electron chi connectivity index (χ2n) is 6.20. The van der Waals surface area contributed by atoms with Crippen molar-refractivity contribution < 1.29 is 17.9 Å². The maximum atomic E-state index is 12.2. The van der Waals surface area contributed by atoms with Crippen LogP contribution in [0.3, 0.4) is 0 Å². The van der Waals surface area contributed by atoms with Gasteiger partial charge in [0.2, 0.25) is 0 Å². The highest BCUT2D eigenvalue weighted by Crippen LogP contribution is 2.22. The summed E-state index contributed by atoms with van der Waals surface area (Å²) in [6, 6.07) is 15.5. The number of nitrogens with two attached hydrogens (primary N) is 1. The van der Waals surface area contributed by atoms with Crippen molar-refractivity contribution in [3.8, 4) is 5.75 Å². The van der Waals surface area contributed by atoms with Crippen molar-refractivity contribution in [1.82, 2.24) is 14.9 Å². The van der Waals surface area contributed by atoms with E-state index >= 15 is 0 Å². The van der Waals surface area contributed by atoms with Gasteiger partial charge in [0.05, 0.1) is 13.1 Å². The smallest absolute Gasteiger partial charge is 0.406 e. The molecule has 0 radical (unpaired) electrons. The number of rotatable bonds is 7. The van der Waals surface area contributed by atoms with Crippen LogP contribution in [0, 0.1) is 0 Å². The molecule has 0 atom stereocenters. The van der Waals surface area contributed by atoms with Gasteiger partial charge in [0.15, 0.2) is 5.96 Å². The molecule has 3 aromatic rings. The normalized spacial score (nSPS) is 11.6. The van der Waals surface area contributed by atoms with Crippen LogP contribution >= 0.6 is 24.0 Å². The van der Waals surface area contributed by atoms with E-state index in [-0.39, 0.29) is 42.2 Å². The molecule has 0 aliphatic rings. The zero-order valence-electron chi connectivity index (χ0n) is 15.8. The quantitative estimate of drug-likeness (QED) is 0.274. The Morgan fingerprint density at radius 1 is 1.07 bits per heavy atom. The van der Waals surface area contributed by atoms with Crippen LogP contribution in [0.4, 0.5) is 13.2 Å². The Morgan fingerprint density at radius 2 is 1.77 bits per heavy atom. The van der Waals surface area contributed by atoms with Crippen molar-refractivity contribution in [2.75, 3.05) is 0 Å². The molecule has 0 unspecified atom stereocenters. The van der Waals surface area contributed by atoms with E-state index in [0.717, 1.165) is 11.4 Å². The largest absolute Gasteiger partial charge is 0.573 e. The third-order valence-corrected chi connectivity index (χ3v) is 4.01. The topological polar surface area (TPSA) is 77.5 Å². The van der Waals surface area contributed by atoms with E-state index < -0.39 is 6.36 Å². The molecule has 0 bridgehead atoms. The molecule has 0 saturated heterocycles. The van der Waals surface area contributed by atoms with Gasteiger partial charge in [0.1, 0.15) is 11.6 Å². The predicted octanol–water partition coefficient (Wildman–Crippen LogP) is 4.05. The lowest BCUT2D eigenvalue weighted by atomic mass is 10.2. The Hall–Kier alpha value is -2.76. The molecule has 10 heteroatoms. The van der Waals surface area contributed by atoms with Gasteiger partial charge in [-0.15, -0.1) is 37.1 Å². The van der Waals surface area contributed by atoms with Gasteiger partial charge in [-0.25, -0.2) is 9.98 Å². The molecule has 0 spiro atoms. The number of halogens is 4. The molecule has 3 rings (SSSR count). The summed E-state index contributed by atoms with van der Waals surface area (Å²) in [5.41, 5.74) is 7.74. The van der Waals surface area contributed by atoms with Crippen molar-refractivity contribution in [1.29, 1.82) is 0 Å². The SMILES string of the molecule is I.NC(=NCc1ccc(OC(F)(F)F)cc1)NCc1nccn1Cc1ccccc1. The average Bonchev–Trinajstić information content (AvgIpc) is 3.12. The van der Waals surface area contributed by atoms with Gasteiger partial charge in [0, 0.05) is 18.9 Å². The van der Waals surface area contributed by atoms with E-state index in [9.17, 15) is 13.2 Å². The molecule has 0 aliphatic heterocycles. The lowest BCUT2D eigenvalue weighted by Crippen LogP contribution is -2.32. The van der Waals surface area contributed by atoms with Crippen LogP contribution in [-0.4, -0.2) is 21.9 Å². The zero-order valence-corrected chi connectivity index (χ0v) is 18.2. The lowest BCUT2D eigenvalue weighted by Gasteiger charge is -2.10.